The van der Waals surface area contributed by atoms with E-state index in [1.807, 2.05) is 13.8 Å². The highest BCUT2D eigenvalue weighted by Crippen LogP contribution is 2.19. The molecule has 1 aromatic rings. The fraction of sp³-hybridized carbons (Fsp3) is 0.364. The van der Waals surface area contributed by atoms with Gasteiger partial charge in [-0.15, -0.1) is 0 Å². The molecule has 1 N–H and O–H groups in total. The summed E-state index contributed by atoms with van der Waals surface area (Å²) in [6.45, 7) is 6.01. The molecule has 0 spiro atoms. The van der Waals surface area contributed by atoms with Crippen LogP contribution in [-0.4, -0.2) is 17.7 Å². The van der Waals surface area contributed by atoms with Gasteiger partial charge in [-0.1, -0.05) is 13.8 Å². The Morgan fingerprint density at radius 2 is 2.07 bits per heavy atom. The van der Waals surface area contributed by atoms with Gasteiger partial charge in [0.05, 0.1) is 6.61 Å². The van der Waals surface area contributed by atoms with Crippen molar-refractivity contribution in [2.75, 3.05) is 6.61 Å². The number of benzene rings is 1. The smallest absolute Gasteiger partial charge is 0.339 e. The summed E-state index contributed by atoms with van der Waals surface area (Å²) >= 11 is 0. The zero-order valence-corrected chi connectivity index (χ0v) is 9.08. The molecule has 0 aliphatic carbocycles. The summed E-state index contributed by atoms with van der Waals surface area (Å²) in [5, 5.41) is 8.68. The fourth-order valence-corrected chi connectivity index (χ4v) is 0.948. The third-order valence-electron chi connectivity index (χ3n) is 1.47. The molecular weight excluding hydrogens is 199 g/mol. The average molecular weight is 214 g/mol. The van der Waals surface area contributed by atoms with Crippen LogP contribution in [0.25, 0.3) is 0 Å². The van der Waals surface area contributed by atoms with Crippen LogP contribution in [0.2, 0.25) is 0 Å². The van der Waals surface area contributed by atoms with Crippen molar-refractivity contribution in [3.8, 4) is 5.75 Å². The molecule has 3 nitrogen and oxygen atoms in total. The lowest BCUT2D eigenvalue weighted by Gasteiger charge is -2.06. The quantitative estimate of drug-likeness (QED) is 0.841. The zero-order chi connectivity index (χ0) is 11.8. The van der Waals surface area contributed by atoms with E-state index in [0.717, 1.165) is 12.1 Å². The predicted molar refractivity (Wildman–Crippen MR) is 55.9 cm³/mol. The van der Waals surface area contributed by atoms with Crippen molar-refractivity contribution in [3.63, 3.8) is 0 Å². The highest BCUT2D eigenvalue weighted by atomic mass is 19.1. The molecule has 0 aliphatic heterocycles. The predicted octanol–water partition coefficient (Wildman–Crippen LogP) is 2.95. The van der Waals surface area contributed by atoms with Gasteiger partial charge in [0.1, 0.15) is 17.1 Å². The van der Waals surface area contributed by atoms with E-state index >= 15 is 0 Å². The minimum Gasteiger partial charge on any atom is -0.493 e. The maximum Gasteiger partial charge on any atom is 0.339 e. The summed E-state index contributed by atoms with van der Waals surface area (Å²) in [6.07, 6.45) is 0. The highest BCUT2D eigenvalue weighted by molar-refractivity contribution is 5.90. The molecule has 0 unspecified atom stereocenters. The van der Waals surface area contributed by atoms with Gasteiger partial charge >= 0.3 is 5.97 Å². The third-order valence-corrected chi connectivity index (χ3v) is 1.47. The van der Waals surface area contributed by atoms with Gasteiger partial charge in [0.25, 0.3) is 0 Å². The van der Waals surface area contributed by atoms with E-state index < -0.39 is 11.8 Å². The SMILES string of the molecule is CC.CCOc1cc(F)ccc1C(=O)O. The lowest BCUT2D eigenvalue weighted by molar-refractivity contribution is 0.0692. The minimum absolute atomic E-state index is 0.0248. The van der Waals surface area contributed by atoms with Crippen LogP contribution in [0.5, 0.6) is 5.75 Å². The molecule has 15 heavy (non-hydrogen) atoms. The van der Waals surface area contributed by atoms with Crippen molar-refractivity contribution in [1.82, 2.24) is 0 Å². The lowest BCUT2D eigenvalue weighted by atomic mass is 10.2. The van der Waals surface area contributed by atoms with Crippen LogP contribution in [0.15, 0.2) is 18.2 Å². The molecule has 0 saturated heterocycles. The van der Waals surface area contributed by atoms with E-state index in [9.17, 15) is 9.18 Å². The molecule has 0 fully saturated rings. The molecule has 0 aliphatic rings. The maximum atomic E-state index is 12.7. The number of hydrogen-bond acceptors (Lipinski definition) is 2. The molecule has 0 saturated carbocycles. The summed E-state index contributed by atoms with van der Waals surface area (Å²) < 4.78 is 17.6. The van der Waals surface area contributed by atoms with E-state index in [4.69, 9.17) is 9.84 Å². The molecule has 0 amide bonds. The summed E-state index contributed by atoms with van der Waals surface area (Å²) in [5.74, 6) is -1.56. The fourth-order valence-electron chi connectivity index (χ4n) is 0.948. The number of carboxylic acids is 1. The molecule has 1 rings (SSSR count). The number of carbonyl (C=O) groups is 1. The van der Waals surface area contributed by atoms with Crippen molar-refractivity contribution in [2.24, 2.45) is 0 Å². The Kier molecular flexibility index (Phi) is 6.09. The number of ether oxygens (including phenoxy) is 1. The molecule has 4 heteroatoms. The van der Waals surface area contributed by atoms with E-state index in [2.05, 4.69) is 0 Å². The number of hydrogen-bond donors (Lipinski definition) is 1. The largest absolute Gasteiger partial charge is 0.493 e. The van der Waals surface area contributed by atoms with Crippen LogP contribution >= 0.6 is 0 Å². The molecule has 0 radical (unpaired) electrons. The Balaban J connectivity index is 0.000000921. The van der Waals surface area contributed by atoms with Crippen molar-refractivity contribution in [2.45, 2.75) is 20.8 Å². The first-order chi connectivity index (χ1) is 7.15. The zero-order valence-electron chi connectivity index (χ0n) is 9.08. The van der Waals surface area contributed by atoms with Gasteiger partial charge in [-0.2, -0.15) is 0 Å². The standard InChI is InChI=1S/C9H9FO3.C2H6/c1-2-13-8-5-6(10)3-4-7(8)9(11)12;1-2/h3-5H,2H2,1H3,(H,11,12);1-2H3. The molecular formula is C11H15FO3. The number of aromatic carboxylic acids is 1. The number of halogens is 1. The molecule has 0 aromatic heterocycles. The molecule has 0 bridgehead atoms. The first-order valence-corrected chi connectivity index (χ1v) is 4.80. The lowest BCUT2D eigenvalue weighted by Crippen LogP contribution is -2.02. The van der Waals surface area contributed by atoms with Crippen molar-refractivity contribution >= 4 is 5.97 Å². The second-order valence-electron chi connectivity index (χ2n) is 2.38. The first-order valence-electron chi connectivity index (χ1n) is 4.80. The van der Waals surface area contributed by atoms with E-state index in [-0.39, 0.29) is 11.3 Å². The Morgan fingerprint density at radius 1 is 1.47 bits per heavy atom. The van der Waals surface area contributed by atoms with Gasteiger partial charge in [-0.05, 0) is 19.1 Å². The Bertz CT molecular complexity index is 324. The first kappa shape index (κ1) is 13.4. The molecule has 1 aromatic carbocycles. The second-order valence-corrected chi connectivity index (χ2v) is 2.38. The summed E-state index contributed by atoms with van der Waals surface area (Å²) in [5.41, 5.74) is -0.0248. The van der Waals surface area contributed by atoms with Crippen molar-refractivity contribution in [3.05, 3.63) is 29.6 Å². The third kappa shape index (κ3) is 3.97. The monoisotopic (exact) mass is 214 g/mol. The Morgan fingerprint density at radius 3 is 2.53 bits per heavy atom. The van der Waals surface area contributed by atoms with Crippen LogP contribution in [0, 0.1) is 5.82 Å². The number of carboxylic acid groups (broad SMARTS) is 1. The van der Waals surface area contributed by atoms with Gasteiger partial charge in [0.2, 0.25) is 0 Å². The second kappa shape index (κ2) is 6.81. The van der Waals surface area contributed by atoms with Gasteiger partial charge in [0.15, 0.2) is 0 Å². The molecule has 0 heterocycles. The van der Waals surface area contributed by atoms with Gasteiger partial charge < -0.3 is 9.84 Å². The number of rotatable bonds is 3. The van der Waals surface area contributed by atoms with Crippen molar-refractivity contribution in [1.29, 1.82) is 0 Å². The van der Waals surface area contributed by atoms with E-state index in [1.54, 1.807) is 6.92 Å². The van der Waals surface area contributed by atoms with Crippen LogP contribution < -0.4 is 4.74 Å². The molecule has 0 atom stereocenters. The van der Waals surface area contributed by atoms with E-state index in [1.165, 1.54) is 6.07 Å². The van der Waals surface area contributed by atoms with Crippen LogP contribution in [0.1, 0.15) is 31.1 Å². The van der Waals surface area contributed by atoms with E-state index in [0.29, 0.717) is 6.61 Å². The Labute approximate surface area is 88.5 Å². The molecule has 84 valence electrons. The average Bonchev–Trinajstić information content (AvgIpc) is 2.21. The van der Waals surface area contributed by atoms with Crippen molar-refractivity contribution < 1.29 is 19.0 Å². The van der Waals surface area contributed by atoms with Crippen LogP contribution in [-0.2, 0) is 0 Å². The van der Waals surface area contributed by atoms with Crippen LogP contribution in [0.4, 0.5) is 4.39 Å². The minimum atomic E-state index is -1.12. The van der Waals surface area contributed by atoms with Gasteiger partial charge in [-0.25, -0.2) is 9.18 Å². The summed E-state index contributed by atoms with van der Waals surface area (Å²) in [4.78, 5) is 10.6. The topological polar surface area (TPSA) is 46.5 Å². The normalized spacial score (nSPS) is 8.80. The maximum absolute atomic E-state index is 12.7. The van der Waals surface area contributed by atoms with Gasteiger partial charge in [-0.3, -0.25) is 0 Å². The Hall–Kier alpha value is -1.58. The van der Waals surface area contributed by atoms with Gasteiger partial charge in [0, 0.05) is 6.07 Å². The highest BCUT2D eigenvalue weighted by Gasteiger charge is 2.11. The van der Waals surface area contributed by atoms with Crippen LogP contribution in [0.3, 0.4) is 0 Å². The summed E-state index contributed by atoms with van der Waals surface area (Å²) in [6, 6.07) is 3.33. The summed E-state index contributed by atoms with van der Waals surface area (Å²) in [7, 11) is 0.